The number of nitrogens with one attached hydrogen (secondary N) is 1. The Kier molecular flexibility index (Phi) is 6.43. The average Bonchev–Trinajstić information content (AvgIpc) is 3.62. The second-order valence-corrected chi connectivity index (χ2v) is 13.5. The standard InChI is InChI=1S/C25H33F3N2O4S/c1-15-19(6-7-21(29-15)25(26,27)28)23(31)30-22(20-13-34-20)24(12-16-2-3-16)10-8-18(9-11-24)35(32,33)14-17-4-5-17/h6-7,16-18,20,22H,2-5,8-14H2,1H3,(H,30,31). The summed E-state index contributed by atoms with van der Waals surface area (Å²) in [5.41, 5.74) is -1.15. The second-order valence-electron chi connectivity index (χ2n) is 11.1. The first-order chi connectivity index (χ1) is 16.5. The fraction of sp³-hybridized carbons (Fsp3) is 0.760. The van der Waals surface area contributed by atoms with Gasteiger partial charge in [0.1, 0.15) is 11.8 Å². The molecule has 0 radical (unpaired) electrons. The molecule has 4 aliphatic rings. The fourth-order valence-electron chi connectivity index (χ4n) is 5.88. The third kappa shape index (κ3) is 5.68. The van der Waals surface area contributed by atoms with Crippen LogP contribution in [0.2, 0.25) is 0 Å². The van der Waals surface area contributed by atoms with E-state index >= 15 is 0 Å². The number of halogens is 3. The molecule has 3 aliphatic carbocycles. The first-order valence-electron chi connectivity index (χ1n) is 12.7. The molecular weight excluding hydrogens is 481 g/mol. The lowest BCUT2D eigenvalue weighted by Gasteiger charge is -2.45. The van der Waals surface area contributed by atoms with Crippen molar-refractivity contribution in [3.63, 3.8) is 0 Å². The fourth-order valence-corrected chi connectivity index (χ4v) is 8.10. The highest BCUT2D eigenvalue weighted by Gasteiger charge is 2.53. The number of epoxide rings is 1. The molecule has 1 N–H and O–H groups in total. The van der Waals surface area contributed by atoms with Crippen molar-refractivity contribution in [2.75, 3.05) is 12.4 Å². The highest BCUT2D eigenvalue weighted by molar-refractivity contribution is 7.92. The van der Waals surface area contributed by atoms with E-state index in [1.165, 1.54) is 13.0 Å². The molecule has 5 rings (SSSR count). The number of aryl methyl sites for hydroxylation is 1. The predicted molar refractivity (Wildman–Crippen MR) is 124 cm³/mol. The Labute approximate surface area is 204 Å². The van der Waals surface area contributed by atoms with Crippen LogP contribution in [0.3, 0.4) is 0 Å². The molecule has 1 saturated heterocycles. The van der Waals surface area contributed by atoms with Gasteiger partial charge in [0.25, 0.3) is 5.91 Å². The van der Waals surface area contributed by atoms with E-state index in [0.29, 0.717) is 49.9 Å². The van der Waals surface area contributed by atoms with Crippen molar-refractivity contribution in [3.8, 4) is 0 Å². The Hall–Kier alpha value is -1.68. The second kappa shape index (κ2) is 9.01. The van der Waals surface area contributed by atoms with E-state index in [1.807, 2.05) is 0 Å². The van der Waals surface area contributed by atoms with Crippen molar-refractivity contribution >= 4 is 15.7 Å². The van der Waals surface area contributed by atoms with Crippen molar-refractivity contribution in [1.29, 1.82) is 0 Å². The number of nitrogens with zero attached hydrogens (tertiary/aromatic N) is 1. The van der Waals surface area contributed by atoms with Gasteiger partial charge < -0.3 is 10.1 Å². The molecule has 0 aromatic carbocycles. The first-order valence-corrected chi connectivity index (χ1v) is 14.4. The number of ether oxygens (including phenoxy) is 1. The molecule has 2 atom stereocenters. The Morgan fingerprint density at radius 3 is 2.29 bits per heavy atom. The van der Waals surface area contributed by atoms with Gasteiger partial charge in [0.15, 0.2) is 9.84 Å². The third-order valence-corrected chi connectivity index (χ3v) is 10.7. The molecule has 0 bridgehead atoms. The van der Waals surface area contributed by atoms with Crippen molar-refractivity contribution in [2.24, 2.45) is 17.3 Å². The van der Waals surface area contributed by atoms with Gasteiger partial charge in [-0.25, -0.2) is 13.4 Å². The monoisotopic (exact) mass is 514 g/mol. The molecule has 10 heteroatoms. The maximum atomic E-state index is 13.2. The molecular formula is C25H33F3N2O4S. The molecule has 6 nitrogen and oxygen atoms in total. The number of hydrogen-bond donors (Lipinski definition) is 1. The van der Waals surface area contributed by atoms with E-state index in [1.54, 1.807) is 0 Å². The summed E-state index contributed by atoms with van der Waals surface area (Å²) in [4.78, 5) is 16.8. The summed E-state index contributed by atoms with van der Waals surface area (Å²) >= 11 is 0. The summed E-state index contributed by atoms with van der Waals surface area (Å²) < 4.78 is 70.5. The molecule has 2 unspecified atom stereocenters. The topological polar surface area (TPSA) is 88.7 Å². The van der Waals surface area contributed by atoms with E-state index < -0.39 is 27.6 Å². The minimum Gasteiger partial charge on any atom is -0.371 e. The maximum absolute atomic E-state index is 13.2. The predicted octanol–water partition coefficient (Wildman–Crippen LogP) is 4.46. The van der Waals surface area contributed by atoms with E-state index in [4.69, 9.17) is 4.74 Å². The van der Waals surface area contributed by atoms with Crippen LogP contribution in [0.5, 0.6) is 0 Å². The average molecular weight is 515 g/mol. The normalized spacial score (nSPS) is 30.1. The molecule has 35 heavy (non-hydrogen) atoms. The van der Waals surface area contributed by atoms with Gasteiger partial charge in [-0.05, 0) is 81.3 Å². The number of carbonyl (C=O) groups is 1. The lowest BCUT2D eigenvalue weighted by molar-refractivity contribution is -0.141. The molecule has 1 aliphatic heterocycles. The molecule has 0 spiro atoms. The quantitative estimate of drug-likeness (QED) is 0.492. The number of alkyl halides is 3. The summed E-state index contributed by atoms with van der Waals surface area (Å²) in [5, 5.41) is 2.77. The van der Waals surface area contributed by atoms with E-state index in [-0.39, 0.29) is 34.1 Å². The number of carbonyl (C=O) groups excluding carboxylic acids is 1. The highest BCUT2D eigenvalue weighted by Crippen LogP contribution is 2.53. The van der Waals surface area contributed by atoms with Crippen molar-refractivity contribution < 1.29 is 31.1 Å². The van der Waals surface area contributed by atoms with Crippen LogP contribution in [0.15, 0.2) is 12.1 Å². The van der Waals surface area contributed by atoms with Gasteiger partial charge in [-0.2, -0.15) is 13.2 Å². The summed E-state index contributed by atoms with van der Waals surface area (Å²) in [6.07, 6.45) is 3.04. The summed E-state index contributed by atoms with van der Waals surface area (Å²) in [6.45, 7) is 1.92. The molecule has 2 heterocycles. The van der Waals surface area contributed by atoms with Gasteiger partial charge in [0.2, 0.25) is 0 Å². The number of pyridine rings is 1. The molecule has 1 amide bonds. The number of rotatable bonds is 9. The van der Waals surface area contributed by atoms with E-state index in [0.717, 1.165) is 38.2 Å². The molecule has 3 saturated carbocycles. The highest BCUT2D eigenvalue weighted by atomic mass is 32.2. The minimum absolute atomic E-state index is 0.0268. The van der Waals surface area contributed by atoms with Gasteiger partial charge in [0, 0.05) is 0 Å². The Balaban J connectivity index is 1.34. The molecule has 194 valence electrons. The lowest BCUT2D eigenvalue weighted by atomic mass is 9.65. The van der Waals surface area contributed by atoms with E-state index in [2.05, 4.69) is 10.3 Å². The number of aromatic nitrogens is 1. The van der Waals surface area contributed by atoms with Crippen LogP contribution in [-0.4, -0.2) is 49.1 Å². The van der Waals surface area contributed by atoms with Crippen LogP contribution in [0, 0.1) is 24.2 Å². The Morgan fingerprint density at radius 1 is 1.14 bits per heavy atom. The van der Waals surface area contributed by atoms with Gasteiger partial charge in [-0.3, -0.25) is 4.79 Å². The van der Waals surface area contributed by atoms with Crippen LogP contribution in [0.4, 0.5) is 13.2 Å². The van der Waals surface area contributed by atoms with Gasteiger partial charge in [0.05, 0.1) is 34.9 Å². The zero-order chi connectivity index (χ0) is 25.0. The SMILES string of the molecule is Cc1nc(C(F)(F)F)ccc1C(=O)NC(C1CO1)C1(CC2CC2)CCC(S(=O)(=O)CC2CC2)CC1. The zero-order valence-corrected chi connectivity index (χ0v) is 20.8. The Bertz CT molecular complexity index is 1070. The number of sulfone groups is 1. The van der Waals surface area contributed by atoms with E-state index in [9.17, 15) is 26.4 Å². The largest absolute Gasteiger partial charge is 0.433 e. The smallest absolute Gasteiger partial charge is 0.371 e. The minimum atomic E-state index is -4.57. The summed E-state index contributed by atoms with van der Waals surface area (Å²) in [6, 6.07) is 1.71. The van der Waals surface area contributed by atoms with Gasteiger partial charge in [-0.15, -0.1) is 0 Å². The van der Waals surface area contributed by atoms with Gasteiger partial charge >= 0.3 is 6.18 Å². The van der Waals surface area contributed by atoms with Crippen LogP contribution >= 0.6 is 0 Å². The Morgan fingerprint density at radius 2 is 1.77 bits per heavy atom. The summed E-state index contributed by atoms with van der Waals surface area (Å²) in [7, 11) is -3.12. The maximum Gasteiger partial charge on any atom is 0.433 e. The zero-order valence-electron chi connectivity index (χ0n) is 19.9. The summed E-state index contributed by atoms with van der Waals surface area (Å²) in [5.74, 6) is 0.732. The van der Waals surface area contributed by atoms with Crippen molar-refractivity contribution in [3.05, 3.63) is 29.1 Å². The molecule has 4 fully saturated rings. The number of hydrogen-bond acceptors (Lipinski definition) is 5. The van der Waals surface area contributed by atoms with Gasteiger partial charge in [-0.1, -0.05) is 12.8 Å². The third-order valence-electron chi connectivity index (χ3n) is 8.29. The molecule has 1 aromatic rings. The lowest BCUT2D eigenvalue weighted by Crippen LogP contribution is -2.54. The first kappa shape index (κ1) is 25.0. The van der Waals surface area contributed by atoms with Crippen LogP contribution in [-0.2, 0) is 20.8 Å². The van der Waals surface area contributed by atoms with Crippen LogP contribution in [0.25, 0.3) is 0 Å². The molecule has 1 aromatic heterocycles. The van der Waals surface area contributed by atoms with Crippen LogP contribution in [0.1, 0.15) is 79.5 Å². The van der Waals surface area contributed by atoms with Crippen LogP contribution < -0.4 is 5.32 Å². The number of amides is 1. The van der Waals surface area contributed by atoms with Crippen molar-refractivity contribution in [1.82, 2.24) is 10.3 Å². The van der Waals surface area contributed by atoms with Crippen molar-refractivity contribution in [2.45, 2.75) is 88.3 Å².